The lowest BCUT2D eigenvalue weighted by molar-refractivity contribution is 0.256. The highest BCUT2D eigenvalue weighted by Gasteiger charge is 2.19. The summed E-state index contributed by atoms with van der Waals surface area (Å²) in [6.07, 6.45) is 1.01. The Balaban J connectivity index is 1.18. The Morgan fingerprint density at radius 2 is 1.74 bits per heavy atom. The van der Waals surface area contributed by atoms with Crippen LogP contribution in [0, 0.1) is 0 Å². The van der Waals surface area contributed by atoms with Gasteiger partial charge in [-0.25, -0.2) is 0 Å². The van der Waals surface area contributed by atoms with Gasteiger partial charge >= 0.3 is 6.01 Å². The summed E-state index contributed by atoms with van der Waals surface area (Å²) >= 11 is 0. The smallest absolute Gasteiger partial charge is 0.321 e. The molecule has 0 atom stereocenters. The average molecular weight is 424 g/mol. The van der Waals surface area contributed by atoms with Gasteiger partial charge in [0, 0.05) is 38.3 Å². The van der Waals surface area contributed by atoms with Gasteiger partial charge in [0.1, 0.15) is 11.5 Å². The lowest BCUT2D eigenvalue weighted by Crippen LogP contribution is -2.46. The number of para-hydroxylation sites is 2. The Hall–Kier alpha value is -3.26. The average Bonchev–Trinajstić information content (AvgIpc) is 3.31. The Labute approximate surface area is 182 Å². The molecule has 31 heavy (non-hydrogen) atoms. The van der Waals surface area contributed by atoms with Crippen molar-refractivity contribution in [1.82, 2.24) is 15.0 Å². The molecule has 1 aliphatic rings. The first-order chi connectivity index (χ1) is 15.3. The van der Waals surface area contributed by atoms with Crippen LogP contribution in [-0.2, 0) is 0 Å². The molecule has 2 heterocycles. The van der Waals surface area contributed by atoms with Gasteiger partial charge in [0.05, 0.1) is 19.9 Å². The van der Waals surface area contributed by atoms with Gasteiger partial charge in [0.15, 0.2) is 0 Å². The summed E-state index contributed by atoms with van der Waals surface area (Å²) in [5.74, 6) is 2.31. The fourth-order valence-electron chi connectivity index (χ4n) is 3.75. The van der Waals surface area contributed by atoms with Gasteiger partial charge in [-0.05, 0) is 49.4 Å². The molecule has 4 rings (SSSR count). The second-order valence-corrected chi connectivity index (χ2v) is 7.43. The quantitative estimate of drug-likeness (QED) is 0.525. The van der Waals surface area contributed by atoms with Gasteiger partial charge in [-0.15, -0.1) is 0 Å². The van der Waals surface area contributed by atoms with Crippen LogP contribution < -0.4 is 19.7 Å². The first-order valence-corrected chi connectivity index (χ1v) is 10.6. The van der Waals surface area contributed by atoms with Crippen LogP contribution in [0.15, 0.2) is 53.1 Å². The predicted molar refractivity (Wildman–Crippen MR) is 121 cm³/mol. The van der Waals surface area contributed by atoms with Crippen molar-refractivity contribution in [3.63, 3.8) is 0 Å². The van der Waals surface area contributed by atoms with Crippen LogP contribution in [0.4, 0.5) is 11.7 Å². The van der Waals surface area contributed by atoms with Crippen molar-refractivity contribution < 1.29 is 14.0 Å². The minimum Gasteiger partial charge on any atom is -0.497 e. The second kappa shape index (κ2) is 10.2. The number of piperazine rings is 1. The number of benzene rings is 2. The molecule has 0 bridgehead atoms. The van der Waals surface area contributed by atoms with Gasteiger partial charge in [0.2, 0.25) is 5.82 Å². The topological polar surface area (TPSA) is 75.9 Å². The second-order valence-electron chi connectivity index (χ2n) is 7.43. The van der Waals surface area contributed by atoms with Crippen molar-refractivity contribution in [2.45, 2.75) is 6.42 Å². The van der Waals surface area contributed by atoms with Crippen LogP contribution in [-0.4, -0.2) is 68.5 Å². The summed E-state index contributed by atoms with van der Waals surface area (Å²) < 4.78 is 16.0. The molecule has 0 amide bonds. The molecule has 0 saturated carbocycles. The standard InChI is InChI=1S/C23H29N5O3/c1-29-19-10-8-18(9-11-19)22-25-23(31-26-22)24-12-5-13-27-14-16-28(17-15-27)20-6-3-4-7-21(20)30-2/h3-4,6-11H,5,12-17H2,1-2H3,(H,24,25,26). The van der Waals surface area contributed by atoms with Gasteiger partial charge in [0.25, 0.3) is 0 Å². The number of aromatic nitrogens is 2. The van der Waals surface area contributed by atoms with E-state index in [2.05, 4.69) is 37.4 Å². The summed E-state index contributed by atoms with van der Waals surface area (Å²) in [6, 6.07) is 16.3. The van der Waals surface area contributed by atoms with E-state index in [0.29, 0.717) is 11.8 Å². The number of hydrogen-bond acceptors (Lipinski definition) is 8. The van der Waals surface area contributed by atoms with E-state index in [-0.39, 0.29) is 0 Å². The van der Waals surface area contributed by atoms with Gasteiger partial charge < -0.3 is 24.2 Å². The molecule has 8 heteroatoms. The minimum atomic E-state index is 0.451. The Morgan fingerprint density at radius 1 is 0.968 bits per heavy atom. The molecule has 1 fully saturated rings. The minimum absolute atomic E-state index is 0.451. The van der Waals surface area contributed by atoms with Crippen LogP contribution in [0.1, 0.15) is 6.42 Å². The number of ether oxygens (including phenoxy) is 2. The highest BCUT2D eigenvalue weighted by Crippen LogP contribution is 2.28. The molecule has 1 N–H and O–H groups in total. The van der Waals surface area contributed by atoms with Crippen molar-refractivity contribution in [3.05, 3.63) is 48.5 Å². The molecule has 0 unspecified atom stereocenters. The molecule has 2 aromatic carbocycles. The van der Waals surface area contributed by atoms with E-state index < -0.39 is 0 Å². The van der Waals surface area contributed by atoms with E-state index in [0.717, 1.165) is 62.8 Å². The normalized spacial score (nSPS) is 14.5. The van der Waals surface area contributed by atoms with E-state index in [9.17, 15) is 0 Å². The van der Waals surface area contributed by atoms with Crippen LogP contribution in [0.3, 0.4) is 0 Å². The number of rotatable bonds is 9. The maximum absolute atomic E-state index is 5.50. The highest BCUT2D eigenvalue weighted by molar-refractivity contribution is 5.59. The summed E-state index contributed by atoms with van der Waals surface area (Å²) in [6.45, 7) is 5.91. The van der Waals surface area contributed by atoms with Gasteiger partial charge in [-0.3, -0.25) is 4.90 Å². The van der Waals surface area contributed by atoms with Gasteiger partial charge in [-0.2, -0.15) is 4.98 Å². The third-order valence-corrected chi connectivity index (χ3v) is 5.50. The van der Waals surface area contributed by atoms with Crippen molar-refractivity contribution >= 4 is 11.7 Å². The number of nitrogens with zero attached hydrogens (tertiary/aromatic N) is 4. The van der Waals surface area contributed by atoms with E-state index in [1.807, 2.05) is 36.4 Å². The first kappa shape index (κ1) is 21.0. The molecule has 0 radical (unpaired) electrons. The largest absolute Gasteiger partial charge is 0.497 e. The zero-order chi connectivity index (χ0) is 21.5. The molecule has 3 aromatic rings. The molecule has 1 aliphatic heterocycles. The zero-order valence-electron chi connectivity index (χ0n) is 18.1. The third kappa shape index (κ3) is 5.27. The first-order valence-electron chi connectivity index (χ1n) is 10.6. The Kier molecular flexibility index (Phi) is 6.89. The molecule has 0 spiro atoms. The molecule has 164 valence electrons. The van der Waals surface area contributed by atoms with Crippen molar-refractivity contribution in [2.75, 3.05) is 63.7 Å². The number of nitrogens with one attached hydrogen (secondary N) is 1. The van der Waals surface area contributed by atoms with E-state index >= 15 is 0 Å². The molecule has 1 aromatic heterocycles. The van der Waals surface area contributed by atoms with Crippen molar-refractivity contribution in [2.24, 2.45) is 0 Å². The maximum Gasteiger partial charge on any atom is 0.321 e. The van der Waals surface area contributed by atoms with Crippen LogP contribution in [0.25, 0.3) is 11.4 Å². The lowest BCUT2D eigenvalue weighted by Gasteiger charge is -2.36. The van der Waals surface area contributed by atoms with Crippen LogP contribution >= 0.6 is 0 Å². The summed E-state index contributed by atoms with van der Waals surface area (Å²) in [5, 5.41) is 7.27. The third-order valence-electron chi connectivity index (χ3n) is 5.50. The van der Waals surface area contributed by atoms with Crippen molar-refractivity contribution in [1.29, 1.82) is 0 Å². The SMILES string of the molecule is COc1ccc(-c2noc(NCCCN3CCN(c4ccccc4OC)CC3)n2)cc1. The molecule has 0 aliphatic carbocycles. The summed E-state index contributed by atoms with van der Waals surface area (Å²) in [5.41, 5.74) is 2.07. The Morgan fingerprint density at radius 3 is 2.48 bits per heavy atom. The monoisotopic (exact) mass is 423 g/mol. The number of methoxy groups -OCH3 is 2. The fourth-order valence-corrected chi connectivity index (χ4v) is 3.75. The summed E-state index contributed by atoms with van der Waals surface area (Å²) in [7, 11) is 3.37. The van der Waals surface area contributed by atoms with E-state index in [1.54, 1.807) is 14.2 Å². The molecular formula is C23H29N5O3. The fraction of sp³-hybridized carbons (Fsp3) is 0.391. The highest BCUT2D eigenvalue weighted by atomic mass is 16.5. The lowest BCUT2D eigenvalue weighted by atomic mass is 10.2. The van der Waals surface area contributed by atoms with E-state index in [4.69, 9.17) is 14.0 Å². The van der Waals surface area contributed by atoms with Crippen molar-refractivity contribution in [3.8, 4) is 22.9 Å². The van der Waals surface area contributed by atoms with E-state index in [1.165, 1.54) is 5.69 Å². The zero-order valence-corrected chi connectivity index (χ0v) is 18.1. The predicted octanol–water partition coefficient (Wildman–Crippen LogP) is 3.38. The molecule has 8 nitrogen and oxygen atoms in total. The Bertz CT molecular complexity index is 952. The van der Waals surface area contributed by atoms with Crippen LogP contribution in [0.2, 0.25) is 0 Å². The maximum atomic E-state index is 5.50. The molecular weight excluding hydrogens is 394 g/mol. The molecule has 1 saturated heterocycles. The number of anilines is 2. The number of hydrogen-bond donors (Lipinski definition) is 1. The van der Waals surface area contributed by atoms with Crippen LogP contribution in [0.5, 0.6) is 11.5 Å². The summed E-state index contributed by atoms with van der Waals surface area (Å²) in [4.78, 5) is 9.30. The van der Waals surface area contributed by atoms with Gasteiger partial charge in [-0.1, -0.05) is 17.3 Å².